The number of nitrogens with zero attached hydrogens (tertiary/aromatic N) is 2. The van der Waals surface area contributed by atoms with Gasteiger partial charge in [0.05, 0.1) is 6.61 Å². The molecule has 3 rings (SSSR count). The number of hydrogen-bond acceptors (Lipinski definition) is 5. The normalized spacial score (nSPS) is 11.0. The molecule has 2 heterocycles. The van der Waals surface area contributed by atoms with Gasteiger partial charge in [-0.05, 0) is 51.1 Å². The molecule has 0 spiro atoms. The number of Topliss-reactive ketones (excluding diaryl/α,β-unsaturated/α-hetero) is 1. The van der Waals surface area contributed by atoms with E-state index in [1.807, 2.05) is 56.5 Å². The molecular formula is C21H24N2O3S. The number of aryl methyl sites for hydroxylation is 2. The fourth-order valence-corrected chi connectivity index (χ4v) is 3.82. The Morgan fingerprint density at radius 2 is 1.93 bits per heavy atom. The predicted molar refractivity (Wildman–Crippen MR) is 108 cm³/mol. The highest BCUT2D eigenvalue weighted by molar-refractivity contribution is 7.13. The van der Waals surface area contributed by atoms with Gasteiger partial charge in [0.2, 0.25) is 5.78 Å². The van der Waals surface area contributed by atoms with Gasteiger partial charge in [-0.3, -0.25) is 4.79 Å². The molecule has 0 saturated carbocycles. The zero-order chi connectivity index (χ0) is 19.4. The summed E-state index contributed by atoms with van der Waals surface area (Å²) >= 11 is 1.62. The van der Waals surface area contributed by atoms with Gasteiger partial charge < -0.3 is 14.0 Å². The third-order valence-corrected chi connectivity index (χ3v) is 5.49. The lowest BCUT2D eigenvalue weighted by Crippen LogP contribution is -2.13. The number of ketones is 1. The van der Waals surface area contributed by atoms with Gasteiger partial charge in [-0.25, -0.2) is 4.98 Å². The quantitative estimate of drug-likeness (QED) is 0.539. The van der Waals surface area contributed by atoms with Crippen LogP contribution in [0, 0.1) is 20.8 Å². The maximum Gasteiger partial charge on any atom is 0.202 e. The zero-order valence-corrected chi connectivity index (χ0v) is 16.9. The monoisotopic (exact) mass is 384 g/mol. The second-order valence-corrected chi connectivity index (χ2v) is 7.32. The number of ether oxygens (including phenoxy) is 2. The van der Waals surface area contributed by atoms with Crippen molar-refractivity contribution < 1.29 is 14.3 Å². The van der Waals surface area contributed by atoms with Crippen molar-refractivity contribution in [2.45, 2.75) is 27.3 Å². The smallest absolute Gasteiger partial charge is 0.202 e. The Balaban J connectivity index is 1.64. The molecule has 0 atom stereocenters. The first-order chi connectivity index (χ1) is 13.0. The van der Waals surface area contributed by atoms with Crippen molar-refractivity contribution in [2.75, 3.05) is 20.3 Å². The summed E-state index contributed by atoms with van der Waals surface area (Å²) in [6, 6.07) is 9.61. The molecule has 0 amide bonds. The van der Waals surface area contributed by atoms with E-state index >= 15 is 0 Å². The molecule has 0 saturated heterocycles. The number of carbonyl (C=O) groups excluding carboxylic acids is 1. The van der Waals surface area contributed by atoms with E-state index in [2.05, 4.69) is 9.55 Å². The minimum atomic E-state index is -0.0219. The van der Waals surface area contributed by atoms with E-state index < -0.39 is 0 Å². The van der Waals surface area contributed by atoms with Gasteiger partial charge in [-0.1, -0.05) is 0 Å². The van der Waals surface area contributed by atoms with Crippen molar-refractivity contribution in [3.63, 3.8) is 0 Å². The molecule has 6 heteroatoms. The van der Waals surface area contributed by atoms with E-state index in [1.54, 1.807) is 18.4 Å². The Hall–Kier alpha value is -2.44. The van der Waals surface area contributed by atoms with Crippen molar-refractivity contribution in [3.05, 3.63) is 58.4 Å². The summed E-state index contributed by atoms with van der Waals surface area (Å²) in [4.78, 5) is 17.1. The Morgan fingerprint density at radius 1 is 1.19 bits per heavy atom. The molecule has 0 fully saturated rings. The molecule has 0 N–H and O–H groups in total. The van der Waals surface area contributed by atoms with E-state index in [4.69, 9.17) is 9.47 Å². The minimum absolute atomic E-state index is 0.0181. The number of methoxy groups -OCH3 is 1. The average molecular weight is 385 g/mol. The number of benzene rings is 1. The molecule has 27 heavy (non-hydrogen) atoms. The molecule has 0 aliphatic rings. The van der Waals surface area contributed by atoms with Crippen LogP contribution in [0.1, 0.15) is 27.4 Å². The van der Waals surface area contributed by atoms with Gasteiger partial charge in [0, 0.05) is 47.2 Å². The van der Waals surface area contributed by atoms with Crippen LogP contribution in [0.15, 0.2) is 35.7 Å². The van der Waals surface area contributed by atoms with E-state index in [9.17, 15) is 4.79 Å². The molecule has 2 aromatic heterocycles. The Bertz CT molecular complexity index is 926. The lowest BCUT2D eigenvalue weighted by molar-refractivity contribution is 0.0920. The van der Waals surface area contributed by atoms with Crippen LogP contribution < -0.4 is 4.74 Å². The van der Waals surface area contributed by atoms with E-state index in [0.29, 0.717) is 17.9 Å². The molecule has 0 bridgehead atoms. The fourth-order valence-electron chi connectivity index (χ4n) is 3.02. The summed E-state index contributed by atoms with van der Waals surface area (Å²) in [6.07, 6.45) is 0. The second kappa shape index (κ2) is 8.50. The van der Waals surface area contributed by atoms with Crippen LogP contribution in [0.4, 0.5) is 0 Å². The van der Waals surface area contributed by atoms with Crippen LogP contribution in [0.25, 0.3) is 10.6 Å². The van der Waals surface area contributed by atoms with E-state index in [0.717, 1.165) is 34.2 Å². The van der Waals surface area contributed by atoms with E-state index in [1.165, 1.54) is 0 Å². The van der Waals surface area contributed by atoms with Crippen molar-refractivity contribution >= 4 is 17.1 Å². The maximum atomic E-state index is 12.6. The zero-order valence-electron chi connectivity index (χ0n) is 16.1. The number of hydrogen-bond donors (Lipinski definition) is 0. The summed E-state index contributed by atoms with van der Waals surface area (Å²) in [6.45, 7) is 7.31. The highest BCUT2D eigenvalue weighted by atomic mass is 32.1. The number of thiazole rings is 1. The minimum Gasteiger partial charge on any atom is -0.485 e. The van der Waals surface area contributed by atoms with Crippen LogP contribution >= 0.6 is 11.3 Å². The summed E-state index contributed by atoms with van der Waals surface area (Å²) < 4.78 is 12.9. The number of carbonyl (C=O) groups is 1. The lowest BCUT2D eigenvalue weighted by Gasteiger charge is -2.09. The van der Waals surface area contributed by atoms with Crippen molar-refractivity contribution in [1.29, 1.82) is 0 Å². The molecule has 0 aliphatic carbocycles. The van der Waals surface area contributed by atoms with E-state index in [-0.39, 0.29) is 12.4 Å². The Morgan fingerprint density at radius 3 is 2.56 bits per heavy atom. The molecule has 5 nitrogen and oxygen atoms in total. The third-order valence-electron chi connectivity index (χ3n) is 4.48. The predicted octanol–water partition coefficient (Wildman–Crippen LogP) is 4.44. The van der Waals surface area contributed by atoms with Crippen LogP contribution in [-0.4, -0.2) is 35.7 Å². The Labute approximate surface area is 163 Å². The number of rotatable bonds is 8. The topological polar surface area (TPSA) is 53.4 Å². The van der Waals surface area contributed by atoms with Gasteiger partial charge in [-0.2, -0.15) is 0 Å². The fraction of sp³-hybridized carbons (Fsp3) is 0.333. The Kier molecular flexibility index (Phi) is 6.08. The molecule has 1 aromatic carbocycles. The molecule has 0 radical (unpaired) electrons. The van der Waals surface area contributed by atoms with Gasteiger partial charge >= 0.3 is 0 Å². The lowest BCUT2D eigenvalue weighted by atomic mass is 10.1. The summed E-state index contributed by atoms with van der Waals surface area (Å²) in [5.74, 6) is 0.653. The second-order valence-electron chi connectivity index (χ2n) is 6.46. The largest absolute Gasteiger partial charge is 0.485 e. The van der Waals surface area contributed by atoms with Gasteiger partial charge in [0.25, 0.3) is 0 Å². The van der Waals surface area contributed by atoms with Crippen LogP contribution in [0.5, 0.6) is 5.75 Å². The molecule has 3 aromatic rings. The first kappa shape index (κ1) is 19.3. The average Bonchev–Trinajstić information content (AvgIpc) is 3.22. The molecular weight excluding hydrogens is 360 g/mol. The van der Waals surface area contributed by atoms with Crippen molar-refractivity contribution in [3.8, 4) is 16.3 Å². The molecule has 142 valence electrons. The van der Waals surface area contributed by atoms with Crippen LogP contribution in [-0.2, 0) is 11.3 Å². The maximum absolute atomic E-state index is 12.6. The van der Waals surface area contributed by atoms with Gasteiger partial charge in [0.15, 0.2) is 6.61 Å². The van der Waals surface area contributed by atoms with Crippen LogP contribution in [0.3, 0.4) is 0 Å². The summed E-state index contributed by atoms with van der Waals surface area (Å²) in [5, 5.41) is 3.01. The van der Waals surface area contributed by atoms with Gasteiger partial charge in [0.1, 0.15) is 10.8 Å². The molecule has 0 unspecified atom stereocenters. The van der Waals surface area contributed by atoms with Crippen LogP contribution in [0.2, 0.25) is 0 Å². The standard InChI is InChI=1S/C21H24N2O3S/c1-14-13-27-21(22-14)17-5-7-18(8-6-17)26-12-20(24)19-11-15(2)23(16(19)3)9-10-25-4/h5-8,11,13H,9-10,12H2,1-4H3. The van der Waals surface area contributed by atoms with Crippen molar-refractivity contribution in [1.82, 2.24) is 9.55 Å². The van der Waals surface area contributed by atoms with Crippen molar-refractivity contribution in [2.24, 2.45) is 0 Å². The number of aromatic nitrogens is 2. The molecule has 0 aliphatic heterocycles. The summed E-state index contributed by atoms with van der Waals surface area (Å²) in [5.41, 5.74) is 4.78. The van der Waals surface area contributed by atoms with Gasteiger partial charge in [-0.15, -0.1) is 11.3 Å². The first-order valence-corrected chi connectivity index (χ1v) is 9.71. The highest BCUT2D eigenvalue weighted by Gasteiger charge is 2.16. The third kappa shape index (κ3) is 4.46. The highest BCUT2D eigenvalue weighted by Crippen LogP contribution is 2.25. The SMILES string of the molecule is COCCn1c(C)cc(C(=O)COc2ccc(-c3nc(C)cs3)cc2)c1C. The first-order valence-electron chi connectivity index (χ1n) is 8.84. The summed E-state index contributed by atoms with van der Waals surface area (Å²) in [7, 11) is 1.68.